The van der Waals surface area contributed by atoms with E-state index >= 15 is 0 Å². The summed E-state index contributed by atoms with van der Waals surface area (Å²) < 4.78 is 5.93. The van der Waals surface area contributed by atoms with Gasteiger partial charge in [0, 0.05) is 21.2 Å². The Morgan fingerprint density at radius 3 is 2.62 bits per heavy atom. The van der Waals surface area contributed by atoms with Crippen LogP contribution < -0.4 is 5.32 Å². The van der Waals surface area contributed by atoms with Crippen molar-refractivity contribution < 1.29 is 4.42 Å². The van der Waals surface area contributed by atoms with E-state index in [2.05, 4.69) is 50.4 Å². The lowest BCUT2D eigenvalue weighted by Crippen LogP contribution is -2.21. The minimum absolute atomic E-state index is 0.194. The number of hydrogen-bond donors (Lipinski definition) is 1. The van der Waals surface area contributed by atoms with E-state index in [9.17, 15) is 0 Å². The van der Waals surface area contributed by atoms with E-state index in [-0.39, 0.29) is 6.04 Å². The average Bonchev–Trinajstić information content (AvgIpc) is 3.13. The minimum atomic E-state index is 0.194. The van der Waals surface area contributed by atoms with Gasteiger partial charge in [-0.3, -0.25) is 0 Å². The molecule has 2 aromatic heterocycles. The van der Waals surface area contributed by atoms with Crippen LogP contribution in [0.4, 0.5) is 0 Å². The van der Waals surface area contributed by atoms with Crippen molar-refractivity contribution in [3.63, 3.8) is 0 Å². The number of hydrogen-bond acceptors (Lipinski definition) is 3. The zero-order chi connectivity index (χ0) is 14.8. The van der Waals surface area contributed by atoms with Crippen molar-refractivity contribution in [2.75, 3.05) is 0 Å². The highest BCUT2D eigenvalue weighted by atomic mass is 32.1. The molecule has 3 rings (SSSR count). The van der Waals surface area contributed by atoms with Crippen LogP contribution in [-0.2, 0) is 6.42 Å². The van der Waals surface area contributed by atoms with Crippen molar-refractivity contribution in [1.29, 1.82) is 0 Å². The first-order valence-corrected chi connectivity index (χ1v) is 8.32. The van der Waals surface area contributed by atoms with Gasteiger partial charge in [-0.2, -0.15) is 0 Å². The molecule has 0 fully saturated rings. The topological polar surface area (TPSA) is 25.2 Å². The maximum Gasteiger partial charge on any atom is 0.134 e. The molecule has 0 saturated carbocycles. The highest BCUT2D eigenvalue weighted by Crippen LogP contribution is 2.28. The van der Waals surface area contributed by atoms with Crippen molar-refractivity contribution in [1.82, 2.24) is 5.32 Å². The number of rotatable bonds is 5. The molecule has 3 heteroatoms. The molecule has 2 heterocycles. The molecule has 21 heavy (non-hydrogen) atoms. The lowest BCUT2D eigenvalue weighted by atomic mass is 10.2. The number of aryl methyl sites for hydroxylation is 1. The molecule has 1 aromatic carbocycles. The molecule has 0 amide bonds. The third kappa shape index (κ3) is 3.04. The smallest absolute Gasteiger partial charge is 0.134 e. The molecule has 0 saturated heterocycles. The van der Waals surface area contributed by atoms with E-state index in [1.165, 1.54) is 9.75 Å². The quantitative estimate of drug-likeness (QED) is 0.676. The van der Waals surface area contributed by atoms with E-state index < -0.39 is 0 Å². The van der Waals surface area contributed by atoms with E-state index in [4.69, 9.17) is 4.42 Å². The SMILES string of the molecule is CCc1ccc(C(C)NC(C)c2cc3ccccc3o2)s1. The molecule has 2 unspecified atom stereocenters. The summed E-state index contributed by atoms with van der Waals surface area (Å²) in [5.74, 6) is 0.996. The first-order valence-electron chi connectivity index (χ1n) is 7.50. The van der Waals surface area contributed by atoms with Gasteiger partial charge in [-0.15, -0.1) is 11.3 Å². The van der Waals surface area contributed by atoms with E-state index in [1.807, 2.05) is 29.5 Å². The van der Waals surface area contributed by atoms with Crippen molar-refractivity contribution in [3.05, 3.63) is 58.0 Å². The van der Waals surface area contributed by atoms with Crippen LogP contribution in [-0.4, -0.2) is 0 Å². The van der Waals surface area contributed by atoms with Gasteiger partial charge < -0.3 is 9.73 Å². The largest absolute Gasteiger partial charge is 0.459 e. The molecule has 0 bridgehead atoms. The second-order valence-corrected chi connectivity index (χ2v) is 6.65. The molecular formula is C18H21NOS. The first-order chi connectivity index (χ1) is 10.2. The zero-order valence-corrected chi connectivity index (χ0v) is 13.5. The Balaban J connectivity index is 1.74. The average molecular weight is 299 g/mol. The van der Waals surface area contributed by atoms with Gasteiger partial charge in [-0.1, -0.05) is 25.1 Å². The Morgan fingerprint density at radius 1 is 1.10 bits per heavy atom. The van der Waals surface area contributed by atoms with Crippen molar-refractivity contribution in [2.24, 2.45) is 0 Å². The Morgan fingerprint density at radius 2 is 1.90 bits per heavy atom. The molecule has 2 atom stereocenters. The molecule has 1 N–H and O–H groups in total. The standard InChI is InChI=1S/C18H21NOS/c1-4-15-9-10-18(21-15)13(3)19-12(2)17-11-14-7-5-6-8-16(14)20-17/h5-13,19H,4H2,1-3H3. The molecule has 0 radical (unpaired) electrons. The maximum atomic E-state index is 5.93. The van der Waals surface area contributed by atoms with Gasteiger partial charge in [-0.25, -0.2) is 0 Å². The molecule has 0 aliphatic carbocycles. The van der Waals surface area contributed by atoms with Crippen LogP contribution in [0.25, 0.3) is 11.0 Å². The van der Waals surface area contributed by atoms with Crippen LogP contribution in [0.2, 0.25) is 0 Å². The number of nitrogens with one attached hydrogen (secondary N) is 1. The summed E-state index contributed by atoms with van der Waals surface area (Å²) in [7, 11) is 0. The number of furan rings is 1. The second-order valence-electron chi connectivity index (χ2n) is 5.45. The van der Waals surface area contributed by atoms with Crippen molar-refractivity contribution in [2.45, 2.75) is 39.3 Å². The van der Waals surface area contributed by atoms with Crippen LogP contribution in [0.5, 0.6) is 0 Å². The number of benzene rings is 1. The van der Waals surface area contributed by atoms with Gasteiger partial charge >= 0.3 is 0 Å². The van der Waals surface area contributed by atoms with Crippen LogP contribution in [0.3, 0.4) is 0 Å². The fourth-order valence-electron chi connectivity index (χ4n) is 2.57. The highest BCUT2D eigenvalue weighted by molar-refractivity contribution is 7.12. The number of para-hydroxylation sites is 1. The summed E-state index contributed by atoms with van der Waals surface area (Å²) in [5.41, 5.74) is 0.957. The molecule has 0 aliphatic heterocycles. The molecule has 3 aromatic rings. The summed E-state index contributed by atoms with van der Waals surface area (Å²) in [4.78, 5) is 2.82. The fourth-order valence-corrected chi connectivity index (χ4v) is 3.54. The van der Waals surface area contributed by atoms with Crippen molar-refractivity contribution >= 4 is 22.3 Å². The maximum absolute atomic E-state index is 5.93. The zero-order valence-electron chi connectivity index (χ0n) is 12.7. The molecule has 0 aliphatic rings. The fraction of sp³-hybridized carbons (Fsp3) is 0.333. The van der Waals surface area contributed by atoms with Crippen molar-refractivity contribution in [3.8, 4) is 0 Å². The monoisotopic (exact) mass is 299 g/mol. The summed E-state index contributed by atoms with van der Waals surface area (Å²) in [6, 6.07) is 15.3. The normalized spacial score (nSPS) is 14.4. The Labute approximate surface area is 129 Å². The van der Waals surface area contributed by atoms with E-state index in [1.54, 1.807) is 0 Å². The molecule has 0 spiro atoms. The third-order valence-corrected chi connectivity index (χ3v) is 5.24. The molecular weight excluding hydrogens is 278 g/mol. The summed E-state index contributed by atoms with van der Waals surface area (Å²) in [5, 5.41) is 4.79. The van der Waals surface area contributed by atoms with Gasteiger partial charge in [0.1, 0.15) is 11.3 Å². The summed E-state index contributed by atoms with van der Waals surface area (Å²) in [6.45, 7) is 6.57. The van der Waals surface area contributed by atoms with Crippen LogP contribution >= 0.6 is 11.3 Å². The highest BCUT2D eigenvalue weighted by Gasteiger charge is 2.16. The first kappa shape index (κ1) is 14.4. The predicted octanol–water partition coefficient (Wildman–Crippen LogP) is 5.47. The predicted molar refractivity (Wildman–Crippen MR) is 89.9 cm³/mol. The third-order valence-electron chi connectivity index (χ3n) is 3.83. The number of thiophene rings is 1. The Bertz CT molecular complexity index is 694. The Hall–Kier alpha value is -1.58. The lowest BCUT2D eigenvalue weighted by molar-refractivity contribution is 0.420. The molecule has 2 nitrogen and oxygen atoms in total. The van der Waals surface area contributed by atoms with Gasteiger partial charge in [0.15, 0.2) is 0 Å². The minimum Gasteiger partial charge on any atom is -0.459 e. The summed E-state index contributed by atoms with van der Waals surface area (Å²) >= 11 is 1.89. The van der Waals surface area contributed by atoms with Gasteiger partial charge in [0.2, 0.25) is 0 Å². The second kappa shape index (κ2) is 6.04. The van der Waals surface area contributed by atoms with E-state index in [0.717, 1.165) is 23.2 Å². The van der Waals surface area contributed by atoms with Gasteiger partial charge in [0.05, 0.1) is 6.04 Å². The summed E-state index contributed by atoms with van der Waals surface area (Å²) in [6.07, 6.45) is 1.11. The van der Waals surface area contributed by atoms with Crippen LogP contribution in [0.15, 0.2) is 46.9 Å². The van der Waals surface area contributed by atoms with Gasteiger partial charge in [0.25, 0.3) is 0 Å². The Kier molecular flexibility index (Phi) is 4.13. The van der Waals surface area contributed by atoms with Crippen LogP contribution in [0.1, 0.15) is 48.4 Å². The van der Waals surface area contributed by atoms with Gasteiger partial charge in [-0.05, 0) is 44.5 Å². The van der Waals surface area contributed by atoms with Crippen LogP contribution in [0, 0.1) is 0 Å². The lowest BCUT2D eigenvalue weighted by Gasteiger charge is -2.17. The van der Waals surface area contributed by atoms with E-state index in [0.29, 0.717) is 6.04 Å². The number of fused-ring (bicyclic) bond motifs is 1. The molecule has 110 valence electrons.